The van der Waals surface area contributed by atoms with Crippen LogP contribution in [0.4, 0.5) is 0 Å². The van der Waals surface area contributed by atoms with Crippen molar-refractivity contribution in [2.75, 3.05) is 19.6 Å². The SMILES string of the molecule is O=CC1CNCCN1C1CCCC1. The summed E-state index contributed by atoms with van der Waals surface area (Å²) in [6, 6.07) is 0.828. The van der Waals surface area contributed by atoms with E-state index >= 15 is 0 Å². The molecule has 1 heterocycles. The van der Waals surface area contributed by atoms with E-state index < -0.39 is 0 Å². The Kier molecular flexibility index (Phi) is 2.96. The number of piperazine rings is 1. The molecule has 1 aliphatic heterocycles. The predicted octanol–water partition coefficient (Wildman–Crippen LogP) is 0.402. The van der Waals surface area contributed by atoms with Gasteiger partial charge in [0.05, 0.1) is 6.04 Å². The number of rotatable bonds is 2. The quantitative estimate of drug-likeness (QED) is 0.627. The Morgan fingerprint density at radius 3 is 2.77 bits per heavy atom. The highest BCUT2D eigenvalue weighted by Gasteiger charge is 2.29. The van der Waals surface area contributed by atoms with E-state index in [0.29, 0.717) is 6.04 Å². The second kappa shape index (κ2) is 4.20. The van der Waals surface area contributed by atoms with Gasteiger partial charge < -0.3 is 10.1 Å². The van der Waals surface area contributed by atoms with Gasteiger partial charge in [-0.1, -0.05) is 12.8 Å². The van der Waals surface area contributed by atoms with E-state index in [0.717, 1.165) is 25.9 Å². The zero-order valence-electron chi connectivity index (χ0n) is 8.04. The second-order valence-electron chi connectivity index (χ2n) is 4.08. The largest absolute Gasteiger partial charge is 0.313 e. The molecule has 74 valence electrons. The van der Waals surface area contributed by atoms with Crippen LogP contribution in [-0.4, -0.2) is 42.9 Å². The second-order valence-corrected chi connectivity index (χ2v) is 4.08. The number of aldehydes is 1. The lowest BCUT2D eigenvalue weighted by Crippen LogP contribution is -2.55. The van der Waals surface area contributed by atoms with Crippen molar-refractivity contribution in [3.05, 3.63) is 0 Å². The van der Waals surface area contributed by atoms with Gasteiger partial charge in [0.1, 0.15) is 6.29 Å². The molecule has 13 heavy (non-hydrogen) atoms. The summed E-state index contributed by atoms with van der Waals surface area (Å²) in [7, 11) is 0. The van der Waals surface area contributed by atoms with Gasteiger partial charge in [0, 0.05) is 25.7 Å². The monoisotopic (exact) mass is 182 g/mol. The van der Waals surface area contributed by atoms with Gasteiger partial charge in [-0.2, -0.15) is 0 Å². The van der Waals surface area contributed by atoms with Crippen molar-refractivity contribution < 1.29 is 4.79 Å². The first-order valence-electron chi connectivity index (χ1n) is 5.33. The maximum absolute atomic E-state index is 10.8. The molecule has 0 aromatic rings. The third kappa shape index (κ3) is 1.92. The van der Waals surface area contributed by atoms with Crippen molar-refractivity contribution in [2.45, 2.75) is 37.8 Å². The maximum Gasteiger partial charge on any atom is 0.138 e. The van der Waals surface area contributed by atoms with Crippen LogP contribution in [0.5, 0.6) is 0 Å². The molecular formula is C10H18N2O. The van der Waals surface area contributed by atoms with Crippen LogP contribution >= 0.6 is 0 Å². The normalized spacial score (nSPS) is 32.2. The Morgan fingerprint density at radius 2 is 2.08 bits per heavy atom. The van der Waals surface area contributed by atoms with Crippen LogP contribution in [0.25, 0.3) is 0 Å². The molecule has 0 aromatic carbocycles. The summed E-state index contributed by atoms with van der Waals surface area (Å²) in [5, 5.41) is 3.27. The van der Waals surface area contributed by atoms with Gasteiger partial charge in [0.2, 0.25) is 0 Å². The molecule has 0 amide bonds. The number of carbonyl (C=O) groups excluding carboxylic acids is 1. The molecule has 0 bridgehead atoms. The number of hydrogen-bond donors (Lipinski definition) is 1. The fraction of sp³-hybridized carbons (Fsp3) is 0.900. The predicted molar refractivity (Wildman–Crippen MR) is 51.7 cm³/mol. The van der Waals surface area contributed by atoms with Crippen LogP contribution in [0.15, 0.2) is 0 Å². The smallest absolute Gasteiger partial charge is 0.138 e. The van der Waals surface area contributed by atoms with E-state index in [1.807, 2.05) is 0 Å². The van der Waals surface area contributed by atoms with E-state index in [9.17, 15) is 4.79 Å². The molecule has 3 nitrogen and oxygen atoms in total. The van der Waals surface area contributed by atoms with E-state index in [-0.39, 0.29) is 6.04 Å². The fourth-order valence-electron chi connectivity index (χ4n) is 2.56. The summed E-state index contributed by atoms with van der Waals surface area (Å²) in [6.07, 6.45) is 6.39. The number of carbonyl (C=O) groups is 1. The summed E-state index contributed by atoms with van der Waals surface area (Å²) in [5.41, 5.74) is 0. The molecule has 1 saturated carbocycles. The lowest BCUT2D eigenvalue weighted by molar-refractivity contribution is -0.113. The minimum Gasteiger partial charge on any atom is -0.313 e. The van der Waals surface area contributed by atoms with E-state index in [1.165, 1.54) is 25.7 Å². The Balaban J connectivity index is 1.96. The van der Waals surface area contributed by atoms with Crippen molar-refractivity contribution in [3.63, 3.8) is 0 Å². The molecule has 0 spiro atoms. The molecule has 1 atom stereocenters. The van der Waals surface area contributed by atoms with E-state index in [2.05, 4.69) is 10.2 Å². The van der Waals surface area contributed by atoms with Crippen molar-refractivity contribution in [1.29, 1.82) is 0 Å². The number of nitrogens with zero attached hydrogens (tertiary/aromatic N) is 1. The Bertz CT molecular complexity index is 178. The van der Waals surface area contributed by atoms with Crippen LogP contribution in [0.3, 0.4) is 0 Å². The van der Waals surface area contributed by atoms with Gasteiger partial charge in [0.15, 0.2) is 0 Å². The molecule has 2 rings (SSSR count). The highest BCUT2D eigenvalue weighted by molar-refractivity contribution is 5.58. The van der Waals surface area contributed by atoms with Gasteiger partial charge in [0.25, 0.3) is 0 Å². The summed E-state index contributed by atoms with van der Waals surface area (Å²) in [4.78, 5) is 13.2. The molecule has 2 fully saturated rings. The van der Waals surface area contributed by atoms with Crippen LogP contribution < -0.4 is 5.32 Å². The van der Waals surface area contributed by atoms with Crippen molar-refractivity contribution in [1.82, 2.24) is 10.2 Å². The highest BCUT2D eigenvalue weighted by atomic mass is 16.1. The molecule has 0 aromatic heterocycles. The summed E-state index contributed by atoms with van der Waals surface area (Å²) >= 11 is 0. The van der Waals surface area contributed by atoms with Gasteiger partial charge in [-0.05, 0) is 12.8 Å². The molecule has 2 aliphatic rings. The molecule has 1 saturated heterocycles. The fourth-order valence-corrected chi connectivity index (χ4v) is 2.56. The van der Waals surface area contributed by atoms with E-state index in [4.69, 9.17) is 0 Å². The maximum atomic E-state index is 10.8. The highest BCUT2D eigenvalue weighted by Crippen LogP contribution is 2.25. The average Bonchev–Trinajstić information content (AvgIpc) is 2.70. The minimum atomic E-state index is 0.136. The number of hydrogen-bond acceptors (Lipinski definition) is 3. The Morgan fingerprint density at radius 1 is 1.31 bits per heavy atom. The average molecular weight is 182 g/mol. The lowest BCUT2D eigenvalue weighted by Gasteiger charge is -2.37. The molecule has 0 radical (unpaired) electrons. The molecule has 3 heteroatoms. The van der Waals surface area contributed by atoms with Crippen LogP contribution in [-0.2, 0) is 4.79 Å². The summed E-state index contributed by atoms with van der Waals surface area (Å²) in [5.74, 6) is 0. The first-order valence-corrected chi connectivity index (χ1v) is 5.33. The van der Waals surface area contributed by atoms with E-state index in [1.54, 1.807) is 0 Å². The zero-order chi connectivity index (χ0) is 9.10. The van der Waals surface area contributed by atoms with Gasteiger partial charge in [-0.3, -0.25) is 4.90 Å². The lowest BCUT2D eigenvalue weighted by atomic mass is 10.1. The van der Waals surface area contributed by atoms with Crippen molar-refractivity contribution in [3.8, 4) is 0 Å². The third-order valence-electron chi connectivity index (χ3n) is 3.28. The standard InChI is InChI=1S/C10H18N2O/c13-8-10-7-11-5-6-12(10)9-3-1-2-4-9/h8-11H,1-7H2. The zero-order valence-corrected chi connectivity index (χ0v) is 8.04. The first kappa shape index (κ1) is 9.16. The van der Waals surface area contributed by atoms with Crippen LogP contribution in [0.1, 0.15) is 25.7 Å². The van der Waals surface area contributed by atoms with Crippen molar-refractivity contribution in [2.24, 2.45) is 0 Å². The number of nitrogens with one attached hydrogen (secondary N) is 1. The first-order chi connectivity index (χ1) is 6.42. The molecule has 1 aliphatic carbocycles. The molecule has 1 unspecified atom stereocenters. The Labute approximate surface area is 79.5 Å². The summed E-state index contributed by atoms with van der Waals surface area (Å²) < 4.78 is 0. The van der Waals surface area contributed by atoms with Gasteiger partial charge >= 0.3 is 0 Å². The Hall–Kier alpha value is -0.410. The minimum absolute atomic E-state index is 0.136. The van der Waals surface area contributed by atoms with Crippen LogP contribution in [0.2, 0.25) is 0 Å². The van der Waals surface area contributed by atoms with Crippen molar-refractivity contribution >= 4 is 6.29 Å². The molecule has 1 N–H and O–H groups in total. The van der Waals surface area contributed by atoms with Gasteiger partial charge in [-0.25, -0.2) is 0 Å². The topological polar surface area (TPSA) is 32.3 Å². The molecular weight excluding hydrogens is 164 g/mol. The third-order valence-corrected chi connectivity index (χ3v) is 3.28. The van der Waals surface area contributed by atoms with Gasteiger partial charge in [-0.15, -0.1) is 0 Å². The summed E-state index contributed by atoms with van der Waals surface area (Å²) in [6.45, 7) is 2.94. The van der Waals surface area contributed by atoms with Crippen LogP contribution in [0, 0.1) is 0 Å².